The van der Waals surface area contributed by atoms with E-state index in [1.165, 1.54) is 4.88 Å². The number of aliphatic hydroxyl groups excluding tert-OH is 1. The summed E-state index contributed by atoms with van der Waals surface area (Å²) in [4.78, 5) is 1.23. The third kappa shape index (κ3) is 2.36. The molecule has 0 aromatic carbocycles. The van der Waals surface area contributed by atoms with Crippen molar-refractivity contribution >= 4 is 11.3 Å². The van der Waals surface area contributed by atoms with E-state index in [9.17, 15) is 5.11 Å². The van der Waals surface area contributed by atoms with Crippen LogP contribution in [0.4, 0.5) is 0 Å². The highest BCUT2D eigenvalue weighted by atomic mass is 32.1. The van der Waals surface area contributed by atoms with Crippen LogP contribution >= 0.6 is 11.3 Å². The van der Waals surface area contributed by atoms with E-state index in [0.717, 1.165) is 25.0 Å². The van der Waals surface area contributed by atoms with Crippen LogP contribution in [0, 0.1) is 0 Å². The normalized spacial score (nSPS) is 18.5. The molecule has 2 rings (SSSR count). The van der Waals surface area contributed by atoms with Gasteiger partial charge in [0.25, 0.3) is 0 Å². The summed E-state index contributed by atoms with van der Waals surface area (Å²) >= 11 is 1.69. The number of hydrogen-bond acceptors (Lipinski definition) is 3. The first-order valence-corrected chi connectivity index (χ1v) is 5.75. The quantitative estimate of drug-likeness (QED) is 0.829. The van der Waals surface area contributed by atoms with Gasteiger partial charge in [-0.15, -0.1) is 11.3 Å². The van der Waals surface area contributed by atoms with Crippen LogP contribution in [0.1, 0.15) is 17.7 Å². The molecule has 0 saturated carbocycles. The van der Waals surface area contributed by atoms with Crippen LogP contribution in [-0.4, -0.2) is 17.8 Å². The zero-order valence-corrected chi connectivity index (χ0v) is 8.80. The van der Waals surface area contributed by atoms with Gasteiger partial charge in [-0.2, -0.15) is 0 Å². The largest absolute Gasteiger partial charge is 0.501 e. The maximum atomic E-state index is 9.90. The van der Waals surface area contributed by atoms with Gasteiger partial charge in [0.2, 0.25) is 0 Å². The van der Waals surface area contributed by atoms with Crippen molar-refractivity contribution in [3.05, 3.63) is 34.2 Å². The molecule has 1 N–H and O–H groups in total. The Morgan fingerprint density at radius 1 is 1.57 bits per heavy atom. The van der Waals surface area contributed by atoms with Gasteiger partial charge in [0.15, 0.2) is 0 Å². The van der Waals surface area contributed by atoms with Crippen LogP contribution in [0.2, 0.25) is 0 Å². The lowest BCUT2D eigenvalue weighted by Crippen LogP contribution is -2.16. The minimum absolute atomic E-state index is 0.367. The molecule has 1 atom stereocenters. The first kappa shape index (κ1) is 9.74. The van der Waals surface area contributed by atoms with Gasteiger partial charge < -0.3 is 9.84 Å². The van der Waals surface area contributed by atoms with Gasteiger partial charge in [-0.3, -0.25) is 0 Å². The maximum Gasteiger partial charge on any atom is 0.0876 e. The average molecular weight is 210 g/mol. The third-order valence-corrected chi connectivity index (χ3v) is 3.26. The molecule has 0 saturated heterocycles. The smallest absolute Gasteiger partial charge is 0.0876 e. The van der Waals surface area contributed by atoms with E-state index in [-0.39, 0.29) is 6.10 Å². The highest BCUT2D eigenvalue weighted by molar-refractivity contribution is 7.09. The van der Waals surface area contributed by atoms with Crippen LogP contribution in [0.3, 0.4) is 0 Å². The van der Waals surface area contributed by atoms with Gasteiger partial charge in [0.05, 0.1) is 19.0 Å². The van der Waals surface area contributed by atoms with Gasteiger partial charge in [0.1, 0.15) is 0 Å². The van der Waals surface area contributed by atoms with E-state index in [2.05, 4.69) is 6.07 Å². The minimum atomic E-state index is -0.367. The fourth-order valence-electron chi connectivity index (χ4n) is 1.58. The van der Waals surface area contributed by atoms with Gasteiger partial charge >= 0.3 is 0 Å². The molecule has 0 aliphatic carbocycles. The van der Waals surface area contributed by atoms with Crippen LogP contribution in [-0.2, 0) is 11.2 Å². The lowest BCUT2D eigenvalue weighted by Gasteiger charge is -2.18. The monoisotopic (exact) mass is 210 g/mol. The van der Waals surface area contributed by atoms with E-state index >= 15 is 0 Å². The number of hydrogen-bond donors (Lipinski definition) is 1. The van der Waals surface area contributed by atoms with Crippen molar-refractivity contribution in [1.29, 1.82) is 0 Å². The number of rotatable bonds is 3. The van der Waals surface area contributed by atoms with Crippen molar-refractivity contribution in [3.63, 3.8) is 0 Å². The van der Waals surface area contributed by atoms with Crippen LogP contribution < -0.4 is 0 Å². The topological polar surface area (TPSA) is 29.5 Å². The second-order valence-electron chi connectivity index (χ2n) is 3.47. The van der Waals surface area contributed by atoms with E-state index in [4.69, 9.17) is 4.74 Å². The summed E-state index contributed by atoms with van der Waals surface area (Å²) in [5.41, 5.74) is 1.03. The molecule has 1 aromatic rings. The molecule has 0 spiro atoms. The van der Waals surface area contributed by atoms with Crippen LogP contribution in [0.25, 0.3) is 0 Å². The van der Waals surface area contributed by atoms with E-state index in [0.29, 0.717) is 6.42 Å². The number of thiophene rings is 1. The summed E-state index contributed by atoms with van der Waals surface area (Å²) in [6, 6.07) is 4.07. The number of ether oxygens (including phenoxy) is 1. The van der Waals surface area contributed by atoms with Gasteiger partial charge in [0, 0.05) is 11.3 Å². The molecule has 0 bridgehead atoms. The molecule has 14 heavy (non-hydrogen) atoms. The predicted molar refractivity (Wildman–Crippen MR) is 57.3 cm³/mol. The fourth-order valence-corrected chi connectivity index (χ4v) is 2.32. The molecule has 1 aliphatic heterocycles. The summed E-state index contributed by atoms with van der Waals surface area (Å²) in [7, 11) is 0. The Kier molecular flexibility index (Phi) is 3.22. The van der Waals surface area contributed by atoms with Crippen molar-refractivity contribution in [2.75, 3.05) is 6.61 Å². The molecule has 2 heterocycles. The average Bonchev–Trinajstić information content (AvgIpc) is 2.72. The highest BCUT2D eigenvalue weighted by Crippen LogP contribution is 2.20. The van der Waals surface area contributed by atoms with Gasteiger partial charge in [-0.25, -0.2) is 0 Å². The summed E-state index contributed by atoms with van der Waals surface area (Å²) in [6.07, 6.45) is 4.06. The molecule has 0 fully saturated rings. The van der Waals surface area contributed by atoms with Gasteiger partial charge in [-0.05, 0) is 29.9 Å². The Labute approximate surface area is 87.8 Å². The molecule has 0 radical (unpaired) electrons. The minimum Gasteiger partial charge on any atom is -0.501 e. The number of aliphatic hydroxyl groups is 1. The summed E-state index contributed by atoms with van der Waals surface area (Å²) in [5.74, 6) is 0. The summed E-state index contributed by atoms with van der Waals surface area (Å²) < 4.78 is 5.20. The van der Waals surface area contributed by atoms with Crippen molar-refractivity contribution in [2.24, 2.45) is 0 Å². The second kappa shape index (κ2) is 4.62. The molecular weight excluding hydrogens is 196 g/mol. The fraction of sp³-hybridized carbons (Fsp3) is 0.455. The first-order valence-electron chi connectivity index (χ1n) is 4.87. The van der Waals surface area contributed by atoms with Crippen molar-refractivity contribution in [1.82, 2.24) is 0 Å². The zero-order valence-electron chi connectivity index (χ0n) is 7.98. The molecule has 1 aliphatic rings. The summed E-state index contributed by atoms with van der Waals surface area (Å²) in [5, 5.41) is 11.9. The van der Waals surface area contributed by atoms with Crippen molar-refractivity contribution < 1.29 is 9.84 Å². The lowest BCUT2D eigenvalue weighted by atomic mass is 10.0. The predicted octanol–water partition coefficient (Wildman–Crippen LogP) is 2.35. The Bertz CT molecular complexity index is 303. The highest BCUT2D eigenvalue weighted by Gasteiger charge is 2.14. The standard InChI is InChI=1S/C11H14O2S/c12-11(7-10-4-2-6-14-10)9-3-1-5-13-8-9/h2,4,6,8,11-12H,1,3,5,7H2. The Morgan fingerprint density at radius 3 is 3.14 bits per heavy atom. The third-order valence-electron chi connectivity index (χ3n) is 2.36. The first-order chi connectivity index (χ1) is 6.86. The molecule has 3 heteroatoms. The maximum absolute atomic E-state index is 9.90. The zero-order chi connectivity index (χ0) is 9.80. The molecule has 1 unspecified atom stereocenters. The lowest BCUT2D eigenvalue weighted by molar-refractivity contribution is 0.169. The Hall–Kier alpha value is -0.800. The van der Waals surface area contributed by atoms with E-state index < -0.39 is 0 Å². The SMILES string of the molecule is OC(Cc1cccs1)C1=COCCC1. The molecular formula is C11H14O2S. The second-order valence-corrected chi connectivity index (χ2v) is 4.50. The summed E-state index contributed by atoms with van der Waals surface area (Å²) in [6.45, 7) is 0.787. The van der Waals surface area contributed by atoms with E-state index in [1.807, 2.05) is 11.4 Å². The van der Waals surface area contributed by atoms with Crippen LogP contribution in [0.15, 0.2) is 29.3 Å². The Morgan fingerprint density at radius 2 is 2.50 bits per heavy atom. The molecule has 1 aromatic heterocycles. The van der Waals surface area contributed by atoms with E-state index in [1.54, 1.807) is 17.6 Å². The molecule has 0 amide bonds. The van der Waals surface area contributed by atoms with Crippen molar-refractivity contribution in [3.8, 4) is 0 Å². The van der Waals surface area contributed by atoms with Crippen molar-refractivity contribution in [2.45, 2.75) is 25.4 Å². The molecule has 76 valence electrons. The Balaban J connectivity index is 1.95. The van der Waals surface area contributed by atoms with Crippen LogP contribution in [0.5, 0.6) is 0 Å². The molecule has 2 nitrogen and oxygen atoms in total. The van der Waals surface area contributed by atoms with Gasteiger partial charge in [-0.1, -0.05) is 6.07 Å².